The zero-order valence-electron chi connectivity index (χ0n) is 15.4. The average Bonchev–Trinajstić information content (AvgIpc) is 3.04. The maximum Gasteiger partial charge on any atom is 0.220 e. The lowest BCUT2D eigenvalue weighted by Crippen LogP contribution is -2.50. The van der Waals surface area contributed by atoms with E-state index in [1.54, 1.807) is 11.3 Å². The van der Waals surface area contributed by atoms with E-state index in [0.29, 0.717) is 32.7 Å². The molecule has 1 aliphatic heterocycles. The first kappa shape index (κ1) is 19.0. The third kappa shape index (κ3) is 5.37. The summed E-state index contributed by atoms with van der Waals surface area (Å²) in [6.07, 6.45) is 3.95. The summed E-state index contributed by atoms with van der Waals surface area (Å²) in [5.41, 5.74) is 2.23. The summed E-state index contributed by atoms with van der Waals surface area (Å²) in [6.45, 7) is 5.86. The highest BCUT2D eigenvalue weighted by atomic mass is 32.1. The van der Waals surface area contributed by atoms with Crippen LogP contribution in [0.2, 0.25) is 0 Å². The van der Waals surface area contributed by atoms with Crippen LogP contribution in [0.15, 0.2) is 35.9 Å². The zero-order valence-corrected chi connectivity index (χ0v) is 16.2. The molecule has 2 aromatic rings. The van der Waals surface area contributed by atoms with Crippen LogP contribution in [0, 0.1) is 0 Å². The highest BCUT2D eigenvalue weighted by molar-refractivity contribution is 7.18. The molecule has 0 radical (unpaired) electrons. The smallest absolute Gasteiger partial charge is 0.220 e. The van der Waals surface area contributed by atoms with E-state index in [0.717, 1.165) is 21.6 Å². The van der Waals surface area contributed by atoms with Crippen LogP contribution in [0.3, 0.4) is 0 Å². The fourth-order valence-electron chi connectivity index (χ4n) is 2.92. The lowest BCUT2D eigenvalue weighted by Gasteiger charge is -2.31. The number of carbonyl (C=O) groups excluding carboxylic acids is 1. The number of aromatic nitrogens is 1. The Balaban J connectivity index is 1.49. The molecule has 0 unspecified atom stereocenters. The molecule has 1 aromatic heterocycles. The quantitative estimate of drug-likeness (QED) is 0.754. The third-order valence-electron chi connectivity index (χ3n) is 4.35. The van der Waals surface area contributed by atoms with Crippen LogP contribution in [-0.2, 0) is 20.7 Å². The van der Waals surface area contributed by atoms with E-state index < -0.39 is 0 Å². The molecule has 0 saturated carbocycles. The summed E-state index contributed by atoms with van der Waals surface area (Å²) in [4.78, 5) is 17.0. The number of benzene rings is 1. The lowest BCUT2D eigenvalue weighted by molar-refractivity contribution is -0.125. The number of allylic oxidation sites excluding steroid dienone is 1. The van der Waals surface area contributed by atoms with Crippen LogP contribution >= 0.6 is 11.3 Å². The summed E-state index contributed by atoms with van der Waals surface area (Å²) in [5, 5.41) is 4.08. The molecule has 26 heavy (non-hydrogen) atoms. The van der Waals surface area contributed by atoms with Crippen molar-refractivity contribution < 1.29 is 14.3 Å². The predicted molar refractivity (Wildman–Crippen MR) is 104 cm³/mol. The molecule has 2 heterocycles. The standard InChI is InChI=1S/C20H26N2O3S/c1-14(2)9-12-25-17-10-11-24-13-16(17)21-19(23)7-8-20-22-15-5-3-4-6-18(15)26-20/h3-6,9,16-17H,7-8,10-13H2,1-2H3,(H,21,23)/t16-,17+/m0/s1. The second-order valence-corrected chi connectivity index (χ2v) is 7.88. The number of ether oxygens (including phenoxy) is 2. The van der Waals surface area contributed by atoms with E-state index in [4.69, 9.17) is 9.47 Å². The molecule has 1 aliphatic rings. The SMILES string of the molecule is CC(C)=CCO[C@@H]1CCOC[C@@H]1NC(=O)CCc1nc2ccccc2s1. The molecule has 5 nitrogen and oxygen atoms in total. The molecular weight excluding hydrogens is 348 g/mol. The fraction of sp³-hybridized carbons (Fsp3) is 0.500. The third-order valence-corrected chi connectivity index (χ3v) is 5.44. The molecule has 1 N–H and O–H groups in total. The van der Waals surface area contributed by atoms with Gasteiger partial charge in [-0.05, 0) is 32.4 Å². The number of aryl methyl sites for hydroxylation is 1. The monoisotopic (exact) mass is 374 g/mol. The molecular formula is C20H26N2O3S. The number of carbonyl (C=O) groups is 1. The van der Waals surface area contributed by atoms with Gasteiger partial charge in [-0.2, -0.15) is 0 Å². The van der Waals surface area contributed by atoms with Gasteiger partial charge in [-0.1, -0.05) is 23.8 Å². The van der Waals surface area contributed by atoms with Crippen molar-refractivity contribution in [3.8, 4) is 0 Å². The van der Waals surface area contributed by atoms with Crippen molar-refractivity contribution >= 4 is 27.5 Å². The molecule has 1 saturated heterocycles. The van der Waals surface area contributed by atoms with E-state index in [-0.39, 0.29) is 18.1 Å². The number of nitrogens with one attached hydrogen (secondary N) is 1. The normalized spacial score (nSPS) is 20.1. The summed E-state index contributed by atoms with van der Waals surface area (Å²) in [7, 11) is 0. The number of fused-ring (bicyclic) bond motifs is 1. The zero-order chi connectivity index (χ0) is 18.4. The van der Waals surface area contributed by atoms with Gasteiger partial charge in [0.1, 0.15) is 0 Å². The Morgan fingerprint density at radius 2 is 2.27 bits per heavy atom. The van der Waals surface area contributed by atoms with Crippen molar-refractivity contribution in [2.45, 2.75) is 45.3 Å². The predicted octanol–water partition coefficient (Wildman–Crippen LogP) is 3.49. The van der Waals surface area contributed by atoms with Crippen molar-refractivity contribution in [3.05, 3.63) is 40.9 Å². The van der Waals surface area contributed by atoms with Gasteiger partial charge in [-0.25, -0.2) is 4.98 Å². The lowest BCUT2D eigenvalue weighted by atomic mass is 10.1. The van der Waals surface area contributed by atoms with E-state index in [9.17, 15) is 4.79 Å². The van der Waals surface area contributed by atoms with Crippen molar-refractivity contribution in [1.82, 2.24) is 10.3 Å². The van der Waals surface area contributed by atoms with Crippen LogP contribution < -0.4 is 5.32 Å². The number of para-hydroxylation sites is 1. The Hall–Kier alpha value is -1.76. The van der Waals surface area contributed by atoms with Crippen molar-refractivity contribution in [3.63, 3.8) is 0 Å². The molecule has 0 spiro atoms. The van der Waals surface area contributed by atoms with Gasteiger partial charge in [-0.3, -0.25) is 4.79 Å². The minimum Gasteiger partial charge on any atom is -0.379 e. The largest absolute Gasteiger partial charge is 0.379 e. The van der Waals surface area contributed by atoms with Crippen molar-refractivity contribution in [2.24, 2.45) is 0 Å². The van der Waals surface area contributed by atoms with Gasteiger partial charge < -0.3 is 14.8 Å². The van der Waals surface area contributed by atoms with E-state index >= 15 is 0 Å². The van der Waals surface area contributed by atoms with Gasteiger partial charge in [0, 0.05) is 19.4 Å². The molecule has 0 bridgehead atoms. The molecule has 140 valence electrons. The van der Waals surface area contributed by atoms with Gasteiger partial charge in [0.25, 0.3) is 0 Å². The first-order chi connectivity index (χ1) is 12.6. The molecule has 3 rings (SSSR count). The number of hydrogen-bond donors (Lipinski definition) is 1. The Kier molecular flexibility index (Phi) is 6.77. The number of amides is 1. The number of hydrogen-bond acceptors (Lipinski definition) is 5. The second kappa shape index (κ2) is 9.26. The highest BCUT2D eigenvalue weighted by Gasteiger charge is 2.27. The average molecular weight is 375 g/mol. The van der Waals surface area contributed by atoms with E-state index in [1.807, 2.05) is 18.2 Å². The van der Waals surface area contributed by atoms with Gasteiger partial charge in [0.05, 0.1) is 40.6 Å². The molecule has 1 fully saturated rings. The number of rotatable bonds is 7. The minimum atomic E-state index is -0.0859. The van der Waals surface area contributed by atoms with Crippen LogP contribution in [0.1, 0.15) is 31.7 Å². The Morgan fingerprint density at radius 3 is 3.08 bits per heavy atom. The summed E-state index contributed by atoms with van der Waals surface area (Å²) in [5.74, 6) is 0.0237. The summed E-state index contributed by atoms with van der Waals surface area (Å²) >= 11 is 1.65. The van der Waals surface area contributed by atoms with Crippen LogP contribution in [-0.4, -0.2) is 42.9 Å². The van der Waals surface area contributed by atoms with Gasteiger partial charge >= 0.3 is 0 Å². The van der Waals surface area contributed by atoms with Crippen LogP contribution in [0.5, 0.6) is 0 Å². The Labute approximate surface area is 158 Å². The van der Waals surface area contributed by atoms with Gasteiger partial charge in [0.15, 0.2) is 0 Å². The maximum absolute atomic E-state index is 12.4. The van der Waals surface area contributed by atoms with Crippen molar-refractivity contribution in [2.75, 3.05) is 19.8 Å². The van der Waals surface area contributed by atoms with Gasteiger partial charge in [-0.15, -0.1) is 11.3 Å². The van der Waals surface area contributed by atoms with E-state index in [1.165, 1.54) is 5.57 Å². The summed E-state index contributed by atoms with van der Waals surface area (Å²) in [6, 6.07) is 7.97. The Morgan fingerprint density at radius 1 is 1.42 bits per heavy atom. The first-order valence-corrected chi connectivity index (χ1v) is 9.90. The van der Waals surface area contributed by atoms with Crippen LogP contribution in [0.4, 0.5) is 0 Å². The maximum atomic E-state index is 12.4. The Bertz CT molecular complexity index is 734. The summed E-state index contributed by atoms with van der Waals surface area (Å²) < 4.78 is 12.6. The highest BCUT2D eigenvalue weighted by Crippen LogP contribution is 2.22. The van der Waals surface area contributed by atoms with Gasteiger partial charge in [0.2, 0.25) is 5.91 Å². The minimum absolute atomic E-state index is 0.00532. The van der Waals surface area contributed by atoms with Crippen molar-refractivity contribution in [1.29, 1.82) is 0 Å². The molecule has 2 atom stereocenters. The number of thiazole rings is 1. The fourth-order valence-corrected chi connectivity index (χ4v) is 3.88. The molecule has 1 aromatic carbocycles. The topological polar surface area (TPSA) is 60.5 Å². The molecule has 0 aliphatic carbocycles. The second-order valence-electron chi connectivity index (χ2n) is 6.77. The molecule has 1 amide bonds. The first-order valence-electron chi connectivity index (χ1n) is 9.08. The van der Waals surface area contributed by atoms with E-state index in [2.05, 4.69) is 36.3 Å². The van der Waals surface area contributed by atoms with Crippen LogP contribution in [0.25, 0.3) is 10.2 Å². The molecule has 6 heteroatoms. The number of nitrogens with zero attached hydrogens (tertiary/aromatic N) is 1.